The standard InChI is InChI=1S/C10H13NO3/c1-2-8(12)14-10-9(13)7-3-5-11(10)6-4-7/h2,7,10H,1,3-6H2. The number of fused-ring (bicyclic) bond motifs is 3. The van der Waals surface area contributed by atoms with Crippen molar-refractivity contribution < 1.29 is 14.3 Å². The second kappa shape index (κ2) is 3.53. The monoisotopic (exact) mass is 195 g/mol. The van der Waals surface area contributed by atoms with Crippen molar-refractivity contribution in [2.75, 3.05) is 13.1 Å². The minimum absolute atomic E-state index is 0.0534. The van der Waals surface area contributed by atoms with Crippen molar-refractivity contribution in [3.8, 4) is 0 Å². The number of ketones is 1. The molecular weight excluding hydrogens is 182 g/mol. The summed E-state index contributed by atoms with van der Waals surface area (Å²) in [6, 6.07) is 0. The maximum atomic E-state index is 11.7. The molecule has 0 spiro atoms. The molecule has 1 unspecified atom stereocenters. The Labute approximate surface area is 82.5 Å². The molecule has 4 heteroatoms. The van der Waals surface area contributed by atoms with Crippen LogP contribution in [0.2, 0.25) is 0 Å². The summed E-state index contributed by atoms with van der Waals surface area (Å²) in [6.45, 7) is 5.01. The molecular formula is C10H13NO3. The second-order valence-corrected chi connectivity index (χ2v) is 3.71. The Morgan fingerprint density at radius 1 is 1.50 bits per heavy atom. The van der Waals surface area contributed by atoms with Crippen molar-refractivity contribution in [1.29, 1.82) is 0 Å². The zero-order valence-corrected chi connectivity index (χ0v) is 7.94. The molecule has 0 N–H and O–H groups in total. The molecule has 0 amide bonds. The number of piperidine rings is 3. The van der Waals surface area contributed by atoms with Crippen LogP contribution in [0.25, 0.3) is 0 Å². The molecule has 3 rings (SSSR count). The number of esters is 1. The van der Waals surface area contributed by atoms with E-state index in [-0.39, 0.29) is 11.7 Å². The molecule has 0 radical (unpaired) electrons. The van der Waals surface area contributed by atoms with Gasteiger partial charge in [0.2, 0.25) is 6.23 Å². The lowest BCUT2D eigenvalue weighted by atomic mass is 9.86. The number of nitrogens with zero attached hydrogens (tertiary/aromatic N) is 1. The minimum Gasteiger partial charge on any atom is -0.436 e. The molecule has 3 saturated heterocycles. The highest BCUT2D eigenvalue weighted by molar-refractivity contribution is 5.90. The summed E-state index contributed by atoms with van der Waals surface area (Å²) in [6.07, 6.45) is 2.26. The van der Waals surface area contributed by atoms with E-state index in [1.807, 2.05) is 4.90 Å². The summed E-state index contributed by atoms with van der Waals surface area (Å²) in [4.78, 5) is 24.6. The van der Waals surface area contributed by atoms with E-state index >= 15 is 0 Å². The molecule has 3 fully saturated rings. The maximum absolute atomic E-state index is 11.7. The smallest absolute Gasteiger partial charge is 0.332 e. The Kier molecular flexibility index (Phi) is 2.37. The molecule has 14 heavy (non-hydrogen) atoms. The van der Waals surface area contributed by atoms with E-state index in [2.05, 4.69) is 6.58 Å². The molecule has 3 aliphatic heterocycles. The first-order valence-corrected chi connectivity index (χ1v) is 4.83. The summed E-state index contributed by atoms with van der Waals surface area (Å²) >= 11 is 0. The largest absolute Gasteiger partial charge is 0.436 e. The Morgan fingerprint density at radius 2 is 2.14 bits per heavy atom. The van der Waals surface area contributed by atoms with Crippen LogP contribution in [-0.2, 0) is 14.3 Å². The van der Waals surface area contributed by atoms with Crippen molar-refractivity contribution >= 4 is 11.8 Å². The number of carbonyl (C=O) groups is 2. The third-order valence-electron chi connectivity index (χ3n) is 2.90. The van der Waals surface area contributed by atoms with E-state index in [4.69, 9.17) is 4.74 Å². The lowest BCUT2D eigenvalue weighted by Gasteiger charge is -2.42. The third-order valence-corrected chi connectivity index (χ3v) is 2.90. The van der Waals surface area contributed by atoms with Gasteiger partial charge in [0.25, 0.3) is 0 Å². The van der Waals surface area contributed by atoms with Crippen molar-refractivity contribution in [2.24, 2.45) is 5.92 Å². The fourth-order valence-corrected chi connectivity index (χ4v) is 2.09. The number of carbonyl (C=O) groups excluding carboxylic acids is 2. The highest BCUT2D eigenvalue weighted by Crippen LogP contribution is 2.29. The Morgan fingerprint density at radius 3 is 2.64 bits per heavy atom. The molecule has 0 aromatic carbocycles. The Hall–Kier alpha value is -1.16. The topological polar surface area (TPSA) is 46.6 Å². The molecule has 76 valence electrons. The van der Waals surface area contributed by atoms with Gasteiger partial charge in [0.1, 0.15) is 0 Å². The fourth-order valence-electron chi connectivity index (χ4n) is 2.09. The SMILES string of the molecule is C=CC(=O)OC1C(=O)C2CCN1CC2. The molecule has 3 aliphatic rings. The van der Waals surface area contributed by atoms with Gasteiger partial charge < -0.3 is 4.74 Å². The van der Waals surface area contributed by atoms with Crippen LogP contribution < -0.4 is 0 Å². The summed E-state index contributed by atoms with van der Waals surface area (Å²) in [5, 5.41) is 0. The molecule has 2 bridgehead atoms. The zero-order valence-electron chi connectivity index (χ0n) is 7.94. The van der Waals surface area contributed by atoms with Gasteiger partial charge in [-0.3, -0.25) is 9.69 Å². The average molecular weight is 195 g/mol. The first-order valence-electron chi connectivity index (χ1n) is 4.83. The number of rotatable bonds is 2. The van der Waals surface area contributed by atoms with E-state index in [1.54, 1.807) is 0 Å². The molecule has 4 nitrogen and oxygen atoms in total. The van der Waals surface area contributed by atoms with Crippen LogP contribution in [-0.4, -0.2) is 36.0 Å². The molecule has 0 aromatic rings. The Balaban J connectivity index is 2.07. The van der Waals surface area contributed by atoms with Crippen LogP contribution in [0.15, 0.2) is 12.7 Å². The molecule has 0 saturated carbocycles. The van der Waals surface area contributed by atoms with Crippen molar-refractivity contribution in [2.45, 2.75) is 19.1 Å². The highest BCUT2D eigenvalue weighted by Gasteiger charge is 2.42. The normalized spacial score (nSPS) is 35.4. The predicted octanol–water partition coefficient (Wildman–Crippen LogP) is 0.336. The lowest BCUT2D eigenvalue weighted by Crippen LogP contribution is -2.56. The predicted molar refractivity (Wildman–Crippen MR) is 49.4 cm³/mol. The highest BCUT2D eigenvalue weighted by atomic mass is 16.6. The molecule has 3 heterocycles. The third kappa shape index (κ3) is 1.46. The number of hydrogen-bond donors (Lipinski definition) is 0. The maximum Gasteiger partial charge on any atom is 0.332 e. The summed E-state index contributed by atoms with van der Waals surface area (Å²) in [5.74, 6) is -0.365. The van der Waals surface area contributed by atoms with Crippen molar-refractivity contribution in [3.05, 3.63) is 12.7 Å². The quantitative estimate of drug-likeness (QED) is 0.471. The van der Waals surface area contributed by atoms with E-state index in [0.717, 1.165) is 32.0 Å². The molecule has 0 aromatic heterocycles. The Bertz CT molecular complexity index is 279. The molecule has 1 atom stereocenters. The zero-order chi connectivity index (χ0) is 10.1. The van der Waals surface area contributed by atoms with Gasteiger partial charge in [-0.2, -0.15) is 0 Å². The van der Waals surface area contributed by atoms with Gasteiger partial charge >= 0.3 is 5.97 Å². The average Bonchev–Trinajstić information content (AvgIpc) is 2.23. The fraction of sp³-hybridized carbons (Fsp3) is 0.600. The molecule has 0 aliphatic carbocycles. The lowest BCUT2D eigenvalue weighted by molar-refractivity contribution is -0.175. The summed E-state index contributed by atoms with van der Waals surface area (Å²) < 4.78 is 5.01. The number of Topliss-reactive ketones (excluding diaryl/α,β-unsaturated/α-hetero) is 1. The minimum atomic E-state index is -0.645. The van der Waals surface area contributed by atoms with Gasteiger partial charge in [-0.25, -0.2) is 4.79 Å². The number of ether oxygens (including phenoxy) is 1. The first kappa shape index (κ1) is 9.40. The van der Waals surface area contributed by atoms with E-state index in [9.17, 15) is 9.59 Å². The van der Waals surface area contributed by atoms with Crippen LogP contribution in [0.4, 0.5) is 0 Å². The van der Waals surface area contributed by atoms with Gasteiger partial charge in [0, 0.05) is 25.1 Å². The first-order chi connectivity index (χ1) is 6.72. The van der Waals surface area contributed by atoms with Gasteiger partial charge in [0.05, 0.1) is 0 Å². The van der Waals surface area contributed by atoms with Crippen molar-refractivity contribution in [1.82, 2.24) is 4.90 Å². The summed E-state index contributed by atoms with van der Waals surface area (Å²) in [5.41, 5.74) is 0. The van der Waals surface area contributed by atoms with Crippen LogP contribution in [0.5, 0.6) is 0 Å². The van der Waals surface area contributed by atoms with Crippen LogP contribution in [0.3, 0.4) is 0 Å². The van der Waals surface area contributed by atoms with Crippen LogP contribution in [0.1, 0.15) is 12.8 Å². The van der Waals surface area contributed by atoms with Gasteiger partial charge in [-0.1, -0.05) is 6.58 Å². The van der Waals surface area contributed by atoms with E-state index in [1.165, 1.54) is 0 Å². The van der Waals surface area contributed by atoms with Crippen molar-refractivity contribution in [3.63, 3.8) is 0 Å². The number of hydrogen-bond acceptors (Lipinski definition) is 4. The van der Waals surface area contributed by atoms with Gasteiger partial charge in [-0.05, 0) is 12.8 Å². The van der Waals surface area contributed by atoms with Gasteiger partial charge in [0.15, 0.2) is 5.78 Å². The van der Waals surface area contributed by atoms with Crippen LogP contribution in [0, 0.1) is 5.92 Å². The van der Waals surface area contributed by atoms with E-state index < -0.39 is 12.2 Å². The van der Waals surface area contributed by atoms with Gasteiger partial charge in [-0.15, -0.1) is 0 Å². The van der Waals surface area contributed by atoms with Crippen LogP contribution >= 0.6 is 0 Å². The van der Waals surface area contributed by atoms with E-state index in [0.29, 0.717) is 0 Å². The summed E-state index contributed by atoms with van der Waals surface area (Å²) in [7, 11) is 0. The second-order valence-electron chi connectivity index (χ2n) is 3.71.